The molecule has 0 atom stereocenters. The highest BCUT2D eigenvalue weighted by Crippen LogP contribution is 2.27. The van der Waals surface area contributed by atoms with E-state index in [0.29, 0.717) is 0 Å². The maximum atomic E-state index is 11.2. The minimum absolute atomic E-state index is 0.0213. The van der Waals surface area contributed by atoms with E-state index in [1.54, 1.807) is 6.92 Å². The first-order valence-corrected chi connectivity index (χ1v) is 6.01. The molecule has 4 nitrogen and oxygen atoms in total. The molecule has 1 aliphatic rings. The van der Waals surface area contributed by atoms with Crippen molar-refractivity contribution in [2.75, 3.05) is 36.4 Å². The standard InChI is InChI=1S/C13H19N3O/c1-10-3-4-13(12(9-10)15-11(2)17)16-7-5-14-6-8-16/h3-4,9,14H,5-8H2,1-2H3,(H,15,17). The molecule has 0 aromatic heterocycles. The van der Waals surface area contributed by atoms with Crippen LogP contribution in [0.3, 0.4) is 0 Å². The lowest BCUT2D eigenvalue weighted by Crippen LogP contribution is -2.43. The zero-order valence-corrected chi connectivity index (χ0v) is 10.4. The molecule has 2 N–H and O–H groups in total. The van der Waals surface area contributed by atoms with Gasteiger partial charge in [0.25, 0.3) is 0 Å². The molecule has 1 fully saturated rings. The highest BCUT2D eigenvalue weighted by molar-refractivity contribution is 5.93. The molecule has 1 amide bonds. The Labute approximate surface area is 102 Å². The number of nitrogens with zero attached hydrogens (tertiary/aromatic N) is 1. The molecular weight excluding hydrogens is 214 g/mol. The molecule has 0 bridgehead atoms. The number of benzene rings is 1. The first-order chi connectivity index (χ1) is 8.16. The van der Waals surface area contributed by atoms with E-state index in [2.05, 4.69) is 27.7 Å². The van der Waals surface area contributed by atoms with Gasteiger partial charge in [-0.2, -0.15) is 0 Å². The number of aryl methyl sites for hydroxylation is 1. The Bertz CT molecular complexity index is 411. The topological polar surface area (TPSA) is 44.4 Å². The van der Waals surface area contributed by atoms with Gasteiger partial charge in [-0.3, -0.25) is 4.79 Å². The minimum Gasteiger partial charge on any atom is -0.367 e. The van der Waals surface area contributed by atoms with E-state index in [1.165, 1.54) is 0 Å². The van der Waals surface area contributed by atoms with Gasteiger partial charge in [0.05, 0.1) is 11.4 Å². The zero-order valence-electron chi connectivity index (χ0n) is 10.4. The van der Waals surface area contributed by atoms with E-state index in [4.69, 9.17) is 0 Å². The van der Waals surface area contributed by atoms with E-state index in [1.807, 2.05) is 13.0 Å². The Hall–Kier alpha value is -1.55. The predicted octanol–water partition coefficient (Wildman–Crippen LogP) is 1.36. The number of anilines is 2. The van der Waals surface area contributed by atoms with Crippen LogP contribution >= 0.6 is 0 Å². The third-order valence-electron chi connectivity index (χ3n) is 2.92. The van der Waals surface area contributed by atoms with Crippen LogP contribution in [0.4, 0.5) is 11.4 Å². The van der Waals surface area contributed by atoms with Gasteiger partial charge in [0, 0.05) is 33.1 Å². The number of carbonyl (C=O) groups excluding carboxylic acids is 1. The highest BCUT2D eigenvalue weighted by atomic mass is 16.1. The van der Waals surface area contributed by atoms with Gasteiger partial charge in [0.2, 0.25) is 5.91 Å². The Kier molecular flexibility index (Phi) is 3.64. The Morgan fingerprint density at radius 1 is 1.35 bits per heavy atom. The summed E-state index contributed by atoms with van der Waals surface area (Å²) in [4.78, 5) is 13.5. The second-order valence-electron chi connectivity index (χ2n) is 4.44. The first-order valence-electron chi connectivity index (χ1n) is 6.01. The number of piperazine rings is 1. The lowest BCUT2D eigenvalue weighted by molar-refractivity contribution is -0.114. The normalized spacial score (nSPS) is 15.8. The summed E-state index contributed by atoms with van der Waals surface area (Å²) in [6.07, 6.45) is 0. The summed E-state index contributed by atoms with van der Waals surface area (Å²) in [5.74, 6) is -0.0213. The summed E-state index contributed by atoms with van der Waals surface area (Å²) in [5.41, 5.74) is 3.19. The fourth-order valence-electron chi connectivity index (χ4n) is 2.12. The molecule has 1 aromatic rings. The average Bonchev–Trinajstić information content (AvgIpc) is 2.29. The Balaban J connectivity index is 2.27. The summed E-state index contributed by atoms with van der Waals surface area (Å²) in [6, 6.07) is 6.20. The molecule has 1 saturated heterocycles. The van der Waals surface area contributed by atoms with Crippen LogP contribution in [0.1, 0.15) is 12.5 Å². The third kappa shape index (κ3) is 2.97. The molecule has 0 aliphatic carbocycles. The maximum absolute atomic E-state index is 11.2. The van der Waals surface area contributed by atoms with Crippen LogP contribution in [-0.2, 0) is 4.79 Å². The lowest BCUT2D eigenvalue weighted by Gasteiger charge is -2.31. The second kappa shape index (κ2) is 5.19. The smallest absolute Gasteiger partial charge is 0.221 e. The lowest BCUT2D eigenvalue weighted by atomic mass is 10.1. The van der Waals surface area contributed by atoms with Crippen molar-refractivity contribution in [2.45, 2.75) is 13.8 Å². The fraction of sp³-hybridized carbons (Fsp3) is 0.462. The van der Waals surface area contributed by atoms with Gasteiger partial charge in [-0.25, -0.2) is 0 Å². The van der Waals surface area contributed by atoms with Gasteiger partial charge in [-0.1, -0.05) is 6.07 Å². The van der Waals surface area contributed by atoms with Crippen molar-refractivity contribution < 1.29 is 4.79 Å². The van der Waals surface area contributed by atoms with Crippen LogP contribution in [-0.4, -0.2) is 32.1 Å². The molecule has 0 radical (unpaired) electrons. The summed E-state index contributed by atoms with van der Waals surface area (Å²) in [7, 11) is 0. The first kappa shape index (κ1) is 11.9. The van der Waals surface area contributed by atoms with Gasteiger partial charge in [0.1, 0.15) is 0 Å². The summed E-state index contributed by atoms with van der Waals surface area (Å²) < 4.78 is 0. The van der Waals surface area contributed by atoms with Crippen LogP contribution in [0.5, 0.6) is 0 Å². The number of carbonyl (C=O) groups is 1. The zero-order chi connectivity index (χ0) is 12.3. The number of amides is 1. The van der Waals surface area contributed by atoms with Gasteiger partial charge in [0.15, 0.2) is 0 Å². The second-order valence-corrected chi connectivity index (χ2v) is 4.44. The van der Waals surface area contributed by atoms with Crippen molar-refractivity contribution in [3.8, 4) is 0 Å². The molecule has 1 aliphatic heterocycles. The van der Waals surface area contributed by atoms with Crippen LogP contribution in [0.15, 0.2) is 18.2 Å². The van der Waals surface area contributed by atoms with Crippen molar-refractivity contribution in [1.29, 1.82) is 0 Å². The Morgan fingerprint density at radius 2 is 2.06 bits per heavy atom. The van der Waals surface area contributed by atoms with E-state index >= 15 is 0 Å². The number of hydrogen-bond donors (Lipinski definition) is 2. The molecule has 0 spiro atoms. The molecule has 1 aromatic carbocycles. The molecule has 92 valence electrons. The minimum atomic E-state index is -0.0213. The van der Waals surface area contributed by atoms with Crippen LogP contribution in [0, 0.1) is 6.92 Å². The molecule has 2 rings (SSSR count). The highest BCUT2D eigenvalue weighted by Gasteiger charge is 2.14. The van der Waals surface area contributed by atoms with E-state index < -0.39 is 0 Å². The maximum Gasteiger partial charge on any atom is 0.221 e. The molecule has 17 heavy (non-hydrogen) atoms. The summed E-state index contributed by atoms with van der Waals surface area (Å²) >= 11 is 0. The van der Waals surface area contributed by atoms with E-state index in [-0.39, 0.29) is 5.91 Å². The van der Waals surface area contributed by atoms with Gasteiger partial charge in [-0.15, -0.1) is 0 Å². The van der Waals surface area contributed by atoms with E-state index in [0.717, 1.165) is 43.1 Å². The monoisotopic (exact) mass is 233 g/mol. The van der Waals surface area contributed by atoms with E-state index in [9.17, 15) is 4.79 Å². The average molecular weight is 233 g/mol. The number of rotatable bonds is 2. The molecule has 4 heteroatoms. The Morgan fingerprint density at radius 3 is 2.71 bits per heavy atom. The van der Waals surface area contributed by atoms with Crippen molar-refractivity contribution in [1.82, 2.24) is 5.32 Å². The molecular formula is C13H19N3O. The fourth-order valence-corrected chi connectivity index (χ4v) is 2.12. The largest absolute Gasteiger partial charge is 0.367 e. The SMILES string of the molecule is CC(=O)Nc1cc(C)ccc1N1CCNCC1. The number of nitrogens with one attached hydrogen (secondary N) is 2. The van der Waals surface area contributed by atoms with Crippen molar-refractivity contribution in [2.24, 2.45) is 0 Å². The van der Waals surface area contributed by atoms with Gasteiger partial charge in [-0.05, 0) is 24.6 Å². The molecule has 0 unspecified atom stereocenters. The predicted molar refractivity (Wildman–Crippen MR) is 70.6 cm³/mol. The third-order valence-corrected chi connectivity index (χ3v) is 2.92. The van der Waals surface area contributed by atoms with Crippen LogP contribution in [0.2, 0.25) is 0 Å². The summed E-state index contributed by atoms with van der Waals surface area (Å²) in [5, 5.41) is 6.24. The van der Waals surface area contributed by atoms with Gasteiger partial charge < -0.3 is 15.5 Å². The van der Waals surface area contributed by atoms with Crippen molar-refractivity contribution in [3.05, 3.63) is 23.8 Å². The van der Waals surface area contributed by atoms with Crippen molar-refractivity contribution in [3.63, 3.8) is 0 Å². The quantitative estimate of drug-likeness (QED) is 0.810. The molecule has 1 heterocycles. The van der Waals surface area contributed by atoms with Crippen LogP contribution < -0.4 is 15.5 Å². The number of hydrogen-bond acceptors (Lipinski definition) is 3. The van der Waals surface area contributed by atoms with Crippen molar-refractivity contribution >= 4 is 17.3 Å². The summed E-state index contributed by atoms with van der Waals surface area (Å²) in [6.45, 7) is 7.53. The van der Waals surface area contributed by atoms with Gasteiger partial charge >= 0.3 is 0 Å². The molecule has 0 saturated carbocycles. The van der Waals surface area contributed by atoms with Crippen LogP contribution in [0.25, 0.3) is 0 Å².